The third kappa shape index (κ3) is 5.11. The third-order valence-electron chi connectivity index (χ3n) is 3.14. The molecule has 0 fully saturated rings. The molecule has 1 amide bonds. The maximum absolute atomic E-state index is 12.1. The monoisotopic (exact) mass is 351 g/mol. The third-order valence-corrected chi connectivity index (χ3v) is 4.25. The van der Waals surface area contributed by atoms with Crippen molar-refractivity contribution in [2.24, 2.45) is 0 Å². The summed E-state index contributed by atoms with van der Waals surface area (Å²) in [5, 5.41) is 3.82. The number of benzene rings is 1. The molecular formula is C16H18ClN3O2S. The van der Waals surface area contributed by atoms with E-state index in [2.05, 4.69) is 15.3 Å². The Morgan fingerprint density at radius 2 is 2.13 bits per heavy atom. The van der Waals surface area contributed by atoms with Gasteiger partial charge in [0.05, 0.1) is 11.4 Å². The van der Waals surface area contributed by atoms with E-state index in [1.165, 1.54) is 17.8 Å². The minimum Gasteiger partial charge on any atom is -0.325 e. The molecule has 0 radical (unpaired) electrons. The molecule has 0 aliphatic carbocycles. The van der Waals surface area contributed by atoms with Gasteiger partial charge in [0, 0.05) is 16.8 Å². The zero-order valence-electron chi connectivity index (χ0n) is 13.1. The van der Waals surface area contributed by atoms with Crippen LogP contribution in [-0.4, -0.2) is 21.6 Å². The second-order valence-electron chi connectivity index (χ2n) is 5.43. The van der Waals surface area contributed by atoms with Gasteiger partial charge in [-0.1, -0.05) is 43.3 Å². The Morgan fingerprint density at radius 1 is 1.39 bits per heavy atom. The number of amides is 1. The molecule has 0 saturated carbocycles. The van der Waals surface area contributed by atoms with Gasteiger partial charge in [-0.2, -0.15) is 0 Å². The molecule has 2 aromatic rings. The van der Waals surface area contributed by atoms with Crippen molar-refractivity contribution < 1.29 is 4.79 Å². The average Bonchev–Trinajstić information content (AvgIpc) is 2.48. The van der Waals surface area contributed by atoms with E-state index in [9.17, 15) is 9.59 Å². The molecule has 0 aliphatic rings. The first-order valence-electron chi connectivity index (χ1n) is 7.15. The highest BCUT2D eigenvalue weighted by molar-refractivity contribution is 7.99. The number of hydrogen-bond donors (Lipinski definition) is 2. The number of carbonyl (C=O) groups is 1. The van der Waals surface area contributed by atoms with Crippen molar-refractivity contribution in [2.45, 2.75) is 31.8 Å². The van der Waals surface area contributed by atoms with Crippen LogP contribution in [0.5, 0.6) is 0 Å². The lowest BCUT2D eigenvalue weighted by molar-refractivity contribution is -0.113. The van der Waals surface area contributed by atoms with Crippen LogP contribution in [0, 0.1) is 6.92 Å². The van der Waals surface area contributed by atoms with Gasteiger partial charge in [-0.15, -0.1) is 0 Å². The molecule has 1 aromatic heterocycles. The van der Waals surface area contributed by atoms with E-state index in [1.54, 1.807) is 12.1 Å². The second-order valence-corrected chi connectivity index (χ2v) is 6.83. The second kappa shape index (κ2) is 7.66. The van der Waals surface area contributed by atoms with Crippen molar-refractivity contribution in [1.82, 2.24) is 9.97 Å². The number of H-pyrrole nitrogens is 1. The smallest absolute Gasteiger partial charge is 0.251 e. The summed E-state index contributed by atoms with van der Waals surface area (Å²) in [7, 11) is 0. The van der Waals surface area contributed by atoms with Crippen LogP contribution < -0.4 is 10.9 Å². The molecule has 23 heavy (non-hydrogen) atoms. The van der Waals surface area contributed by atoms with Gasteiger partial charge in [-0.25, -0.2) is 4.98 Å². The summed E-state index contributed by atoms with van der Waals surface area (Å²) in [4.78, 5) is 30.7. The molecular weight excluding hydrogens is 334 g/mol. The summed E-state index contributed by atoms with van der Waals surface area (Å²) in [5.41, 5.74) is 2.11. The largest absolute Gasteiger partial charge is 0.325 e. The van der Waals surface area contributed by atoms with Crippen molar-refractivity contribution in [3.63, 3.8) is 0 Å². The lowest BCUT2D eigenvalue weighted by Crippen LogP contribution is -2.16. The van der Waals surface area contributed by atoms with Gasteiger partial charge in [0.1, 0.15) is 0 Å². The molecule has 5 nitrogen and oxygen atoms in total. The Bertz CT molecular complexity index is 774. The quantitative estimate of drug-likeness (QED) is 0.637. The van der Waals surface area contributed by atoms with Crippen molar-refractivity contribution in [3.05, 3.63) is 50.9 Å². The van der Waals surface area contributed by atoms with Crippen LogP contribution in [0.4, 0.5) is 5.69 Å². The lowest BCUT2D eigenvalue weighted by atomic mass is 10.1. The molecule has 0 atom stereocenters. The fraction of sp³-hybridized carbons (Fsp3) is 0.312. The van der Waals surface area contributed by atoms with E-state index >= 15 is 0 Å². The van der Waals surface area contributed by atoms with Gasteiger partial charge in [0.25, 0.3) is 5.56 Å². The van der Waals surface area contributed by atoms with Crippen LogP contribution in [0.25, 0.3) is 0 Å². The maximum atomic E-state index is 12.1. The van der Waals surface area contributed by atoms with Gasteiger partial charge < -0.3 is 10.3 Å². The van der Waals surface area contributed by atoms with E-state index < -0.39 is 0 Å². The summed E-state index contributed by atoms with van der Waals surface area (Å²) >= 11 is 7.12. The Labute approximate surface area is 143 Å². The molecule has 2 rings (SSSR count). The van der Waals surface area contributed by atoms with Crippen LogP contribution >= 0.6 is 23.4 Å². The normalized spacial score (nSPS) is 10.8. The SMILES string of the molecule is Cc1ccc(Cl)cc1NC(=O)CSc1nc(C(C)C)cc(=O)[nH]1. The molecule has 7 heteroatoms. The molecule has 1 heterocycles. The predicted molar refractivity (Wildman–Crippen MR) is 94.5 cm³/mol. The highest BCUT2D eigenvalue weighted by Crippen LogP contribution is 2.21. The predicted octanol–water partition coefficient (Wildman–Crippen LogP) is 3.59. The number of halogens is 1. The minimum atomic E-state index is -0.211. The molecule has 1 aromatic carbocycles. The molecule has 2 N–H and O–H groups in total. The van der Waals surface area contributed by atoms with Crippen LogP contribution in [0.15, 0.2) is 34.2 Å². The number of anilines is 1. The Morgan fingerprint density at radius 3 is 2.83 bits per heavy atom. The summed E-state index contributed by atoms with van der Waals surface area (Å²) in [5.74, 6) is 0.119. The van der Waals surface area contributed by atoms with Gasteiger partial charge in [0.2, 0.25) is 5.91 Å². The Balaban J connectivity index is 2.02. The number of aromatic amines is 1. The van der Waals surface area contributed by atoms with Crippen LogP contribution in [0.3, 0.4) is 0 Å². The fourth-order valence-corrected chi connectivity index (χ4v) is 2.72. The lowest BCUT2D eigenvalue weighted by Gasteiger charge is -2.09. The van der Waals surface area contributed by atoms with Crippen molar-refractivity contribution in [3.8, 4) is 0 Å². The number of rotatable bonds is 5. The van der Waals surface area contributed by atoms with Crippen LogP contribution in [-0.2, 0) is 4.79 Å². The Hall–Kier alpha value is -1.79. The van der Waals surface area contributed by atoms with Gasteiger partial charge in [-0.05, 0) is 30.5 Å². The zero-order valence-corrected chi connectivity index (χ0v) is 14.7. The van der Waals surface area contributed by atoms with Crippen molar-refractivity contribution in [1.29, 1.82) is 0 Å². The van der Waals surface area contributed by atoms with Crippen molar-refractivity contribution in [2.75, 3.05) is 11.1 Å². The topological polar surface area (TPSA) is 74.8 Å². The molecule has 0 saturated heterocycles. The molecule has 0 bridgehead atoms. The highest BCUT2D eigenvalue weighted by atomic mass is 35.5. The summed E-state index contributed by atoms with van der Waals surface area (Å²) in [6.07, 6.45) is 0. The van der Waals surface area contributed by atoms with Gasteiger partial charge in [0.15, 0.2) is 5.16 Å². The summed E-state index contributed by atoms with van der Waals surface area (Å²) in [6, 6.07) is 6.80. The zero-order chi connectivity index (χ0) is 17.0. The van der Waals surface area contributed by atoms with E-state index in [-0.39, 0.29) is 23.1 Å². The minimum absolute atomic E-state index is 0.149. The number of hydrogen-bond acceptors (Lipinski definition) is 4. The number of nitrogens with zero attached hydrogens (tertiary/aromatic N) is 1. The number of aromatic nitrogens is 2. The number of thioether (sulfide) groups is 1. The average molecular weight is 352 g/mol. The number of nitrogens with one attached hydrogen (secondary N) is 2. The number of aryl methyl sites for hydroxylation is 1. The van der Waals surface area contributed by atoms with E-state index in [0.29, 0.717) is 21.6 Å². The first-order valence-corrected chi connectivity index (χ1v) is 8.51. The fourth-order valence-electron chi connectivity index (χ4n) is 1.87. The molecule has 122 valence electrons. The molecule has 0 aliphatic heterocycles. The van der Waals surface area contributed by atoms with E-state index in [1.807, 2.05) is 26.8 Å². The van der Waals surface area contributed by atoms with Crippen molar-refractivity contribution >= 4 is 35.0 Å². The van der Waals surface area contributed by atoms with Crippen LogP contribution in [0.2, 0.25) is 5.02 Å². The first kappa shape index (κ1) is 17.6. The van der Waals surface area contributed by atoms with E-state index in [0.717, 1.165) is 5.56 Å². The summed E-state index contributed by atoms with van der Waals surface area (Å²) < 4.78 is 0. The highest BCUT2D eigenvalue weighted by Gasteiger charge is 2.10. The standard InChI is InChI=1S/C16H18ClN3O2S/c1-9(2)12-7-14(21)20-16(19-12)23-8-15(22)18-13-6-11(17)5-4-10(13)3/h4-7,9H,8H2,1-3H3,(H,18,22)(H,19,20,21). The van der Waals surface area contributed by atoms with Gasteiger partial charge in [-0.3, -0.25) is 9.59 Å². The first-order chi connectivity index (χ1) is 10.8. The molecule has 0 unspecified atom stereocenters. The van der Waals surface area contributed by atoms with Gasteiger partial charge >= 0.3 is 0 Å². The van der Waals surface area contributed by atoms with E-state index in [4.69, 9.17) is 11.6 Å². The van der Waals surface area contributed by atoms with Crippen LogP contribution in [0.1, 0.15) is 31.0 Å². The summed E-state index contributed by atoms with van der Waals surface area (Å²) in [6.45, 7) is 5.82. The Kier molecular flexibility index (Phi) is 5.85. The number of carbonyl (C=O) groups excluding carboxylic acids is 1. The maximum Gasteiger partial charge on any atom is 0.251 e. The molecule has 0 spiro atoms.